The molecule has 2 aromatic rings. The lowest BCUT2D eigenvalue weighted by atomic mass is 10.2. The number of hydrogen-bond donors (Lipinski definition) is 1. The summed E-state index contributed by atoms with van der Waals surface area (Å²) in [5, 5.41) is 7.33. The van der Waals surface area contributed by atoms with Crippen LogP contribution in [-0.2, 0) is 18.4 Å². The number of hydrogen-bond acceptors (Lipinski definition) is 3. The summed E-state index contributed by atoms with van der Waals surface area (Å²) < 4.78 is 7.52. The third-order valence-electron chi connectivity index (χ3n) is 3.83. The molecule has 1 atom stereocenters. The fourth-order valence-corrected chi connectivity index (χ4v) is 2.47. The van der Waals surface area contributed by atoms with E-state index >= 15 is 0 Å². The molecule has 1 amide bonds. The molecule has 0 aliphatic heterocycles. The SMILES string of the molecule is C[C@H](Oc1ccccc1)C(=O)NCc1cc(C2CC2)n(C)n1. The minimum absolute atomic E-state index is 0.137. The molecule has 0 bridgehead atoms. The van der Waals surface area contributed by atoms with Crippen molar-refractivity contribution in [3.05, 3.63) is 47.8 Å². The fourth-order valence-electron chi connectivity index (χ4n) is 2.47. The molecule has 0 unspecified atom stereocenters. The van der Waals surface area contributed by atoms with E-state index in [2.05, 4.69) is 16.5 Å². The molecule has 1 aliphatic carbocycles. The van der Waals surface area contributed by atoms with E-state index in [0.29, 0.717) is 18.2 Å². The molecule has 0 radical (unpaired) electrons. The van der Waals surface area contributed by atoms with Crippen LogP contribution in [0.15, 0.2) is 36.4 Å². The van der Waals surface area contributed by atoms with Crippen LogP contribution < -0.4 is 10.1 Å². The number of amides is 1. The van der Waals surface area contributed by atoms with E-state index in [1.54, 1.807) is 6.92 Å². The van der Waals surface area contributed by atoms with Crippen molar-refractivity contribution < 1.29 is 9.53 Å². The Hall–Kier alpha value is -2.30. The van der Waals surface area contributed by atoms with Crippen LogP contribution in [0.1, 0.15) is 37.1 Å². The first-order valence-electron chi connectivity index (χ1n) is 7.65. The molecule has 22 heavy (non-hydrogen) atoms. The lowest BCUT2D eigenvalue weighted by molar-refractivity contribution is -0.127. The topological polar surface area (TPSA) is 56.1 Å². The molecule has 0 spiro atoms. The normalized spacial score (nSPS) is 15.4. The number of carbonyl (C=O) groups is 1. The molecule has 5 heteroatoms. The molecular weight excluding hydrogens is 278 g/mol. The predicted octanol–water partition coefficient (Wildman–Crippen LogP) is 2.38. The van der Waals surface area contributed by atoms with Gasteiger partial charge in [0.05, 0.1) is 12.2 Å². The van der Waals surface area contributed by atoms with Crippen molar-refractivity contribution in [3.8, 4) is 5.75 Å². The van der Waals surface area contributed by atoms with Gasteiger partial charge < -0.3 is 10.1 Å². The average molecular weight is 299 g/mol. The van der Waals surface area contributed by atoms with Gasteiger partial charge >= 0.3 is 0 Å². The molecule has 1 N–H and O–H groups in total. The van der Waals surface area contributed by atoms with Gasteiger partial charge in [0.1, 0.15) is 5.75 Å². The van der Waals surface area contributed by atoms with E-state index in [-0.39, 0.29) is 5.91 Å². The first-order chi connectivity index (χ1) is 10.6. The lowest BCUT2D eigenvalue weighted by Gasteiger charge is -2.14. The molecule has 1 aromatic carbocycles. The number of para-hydroxylation sites is 1. The molecule has 1 saturated carbocycles. The van der Waals surface area contributed by atoms with Crippen molar-refractivity contribution in [2.75, 3.05) is 0 Å². The maximum absolute atomic E-state index is 12.1. The number of carbonyl (C=O) groups excluding carboxylic acids is 1. The van der Waals surface area contributed by atoms with Crippen molar-refractivity contribution in [2.24, 2.45) is 7.05 Å². The Morgan fingerprint density at radius 3 is 2.82 bits per heavy atom. The van der Waals surface area contributed by atoms with Crippen LogP contribution in [0.5, 0.6) is 5.75 Å². The van der Waals surface area contributed by atoms with Crippen LogP contribution in [0.4, 0.5) is 0 Å². The number of nitrogens with zero attached hydrogens (tertiary/aromatic N) is 2. The highest BCUT2D eigenvalue weighted by Crippen LogP contribution is 2.39. The monoisotopic (exact) mass is 299 g/mol. The number of benzene rings is 1. The van der Waals surface area contributed by atoms with Gasteiger partial charge in [0, 0.05) is 18.7 Å². The third-order valence-corrected chi connectivity index (χ3v) is 3.83. The van der Waals surface area contributed by atoms with Gasteiger partial charge in [-0.15, -0.1) is 0 Å². The van der Waals surface area contributed by atoms with Gasteiger partial charge in [0.15, 0.2) is 6.10 Å². The van der Waals surface area contributed by atoms with Gasteiger partial charge in [-0.2, -0.15) is 5.10 Å². The highest BCUT2D eigenvalue weighted by molar-refractivity contribution is 5.80. The third kappa shape index (κ3) is 3.47. The quantitative estimate of drug-likeness (QED) is 0.891. The molecule has 1 heterocycles. The minimum atomic E-state index is -0.533. The molecule has 0 saturated heterocycles. The van der Waals surface area contributed by atoms with Crippen LogP contribution in [0, 0.1) is 0 Å². The summed E-state index contributed by atoms with van der Waals surface area (Å²) >= 11 is 0. The van der Waals surface area contributed by atoms with E-state index in [0.717, 1.165) is 5.69 Å². The zero-order chi connectivity index (χ0) is 15.5. The Labute approximate surface area is 130 Å². The van der Waals surface area contributed by atoms with E-state index in [1.165, 1.54) is 18.5 Å². The Morgan fingerprint density at radius 1 is 1.41 bits per heavy atom. The van der Waals surface area contributed by atoms with Crippen molar-refractivity contribution >= 4 is 5.91 Å². The predicted molar refractivity (Wildman–Crippen MR) is 83.6 cm³/mol. The summed E-state index contributed by atoms with van der Waals surface area (Å²) in [6.07, 6.45) is 1.95. The molecule has 3 rings (SSSR count). The smallest absolute Gasteiger partial charge is 0.261 e. The summed E-state index contributed by atoms with van der Waals surface area (Å²) in [6, 6.07) is 11.4. The van der Waals surface area contributed by atoms with Crippen LogP contribution in [0.3, 0.4) is 0 Å². The number of rotatable bonds is 6. The summed E-state index contributed by atoms with van der Waals surface area (Å²) in [7, 11) is 1.96. The van der Waals surface area contributed by atoms with Crippen molar-refractivity contribution in [1.29, 1.82) is 0 Å². The molecule has 1 aromatic heterocycles. The second kappa shape index (κ2) is 6.22. The Balaban J connectivity index is 1.52. The maximum Gasteiger partial charge on any atom is 0.261 e. The number of nitrogens with one attached hydrogen (secondary N) is 1. The van der Waals surface area contributed by atoms with Gasteiger partial charge in [-0.05, 0) is 38.0 Å². The molecule has 116 valence electrons. The average Bonchev–Trinajstić information content (AvgIpc) is 3.29. The van der Waals surface area contributed by atoms with Gasteiger partial charge in [-0.1, -0.05) is 18.2 Å². The zero-order valence-electron chi connectivity index (χ0n) is 13.0. The van der Waals surface area contributed by atoms with Crippen molar-refractivity contribution in [2.45, 2.75) is 38.3 Å². The summed E-state index contributed by atoms with van der Waals surface area (Å²) in [4.78, 5) is 12.1. The first kappa shape index (κ1) is 14.6. The standard InChI is InChI=1S/C17H21N3O2/c1-12(22-15-6-4-3-5-7-15)17(21)18-11-14-10-16(13-8-9-13)20(2)19-14/h3-7,10,12-13H,8-9,11H2,1-2H3,(H,18,21)/t12-/m0/s1. The van der Waals surface area contributed by atoms with Gasteiger partial charge in [-0.25, -0.2) is 0 Å². The highest BCUT2D eigenvalue weighted by atomic mass is 16.5. The van der Waals surface area contributed by atoms with Crippen LogP contribution in [0.2, 0.25) is 0 Å². The fraction of sp³-hybridized carbons (Fsp3) is 0.412. The summed E-state index contributed by atoms with van der Waals surface area (Å²) in [5.41, 5.74) is 2.16. The molecule has 1 aliphatic rings. The minimum Gasteiger partial charge on any atom is -0.481 e. The van der Waals surface area contributed by atoms with Crippen LogP contribution in [-0.4, -0.2) is 21.8 Å². The van der Waals surface area contributed by atoms with E-state index < -0.39 is 6.10 Å². The Bertz CT molecular complexity index is 647. The molecular formula is C17H21N3O2. The summed E-state index contributed by atoms with van der Waals surface area (Å²) in [6.45, 7) is 2.18. The van der Waals surface area contributed by atoms with E-state index in [4.69, 9.17) is 4.74 Å². The summed E-state index contributed by atoms with van der Waals surface area (Å²) in [5.74, 6) is 1.21. The van der Waals surface area contributed by atoms with E-state index in [1.807, 2.05) is 42.1 Å². The maximum atomic E-state index is 12.1. The largest absolute Gasteiger partial charge is 0.481 e. The van der Waals surface area contributed by atoms with Crippen molar-refractivity contribution in [1.82, 2.24) is 15.1 Å². The number of aromatic nitrogens is 2. The highest BCUT2D eigenvalue weighted by Gasteiger charge is 2.27. The second-order valence-electron chi connectivity index (χ2n) is 5.75. The lowest BCUT2D eigenvalue weighted by Crippen LogP contribution is -2.36. The zero-order valence-corrected chi connectivity index (χ0v) is 13.0. The number of aryl methyl sites for hydroxylation is 1. The van der Waals surface area contributed by atoms with Gasteiger partial charge in [0.2, 0.25) is 0 Å². The second-order valence-corrected chi connectivity index (χ2v) is 5.75. The van der Waals surface area contributed by atoms with Gasteiger partial charge in [0.25, 0.3) is 5.91 Å². The molecule has 5 nitrogen and oxygen atoms in total. The van der Waals surface area contributed by atoms with E-state index in [9.17, 15) is 4.79 Å². The molecule has 1 fully saturated rings. The van der Waals surface area contributed by atoms with Crippen molar-refractivity contribution in [3.63, 3.8) is 0 Å². The Kier molecular flexibility index (Phi) is 4.13. The Morgan fingerprint density at radius 2 is 2.14 bits per heavy atom. The number of ether oxygens (including phenoxy) is 1. The van der Waals surface area contributed by atoms with Crippen LogP contribution in [0.25, 0.3) is 0 Å². The van der Waals surface area contributed by atoms with Crippen LogP contribution >= 0.6 is 0 Å². The van der Waals surface area contributed by atoms with Gasteiger partial charge in [-0.3, -0.25) is 9.48 Å². The first-order valence-corrected chi connectivity index (χ1v) is 7.65.